The number of methoxy groups -OCH3 is 1. The van der Waals surface area contributed by atoms with E-state index in [1.807, 2.05) is 0 Å². The van der Waals surface area contributed by atoms with E-state index in [4.69, 9.17) is 59.0 Å². The van der Waals surface area contributed by atoms with Gasteiger partial charge >= 0.3 is 43.0 Å². The predicted molar refractivity (Wildman–Crippen MR) is 260 cm³/mol. The van der Waals surface area contributed by atoms with Gasteiger partial charge in [-0.15, -0.1) is 0 Å². The van der Waals surface area contributed by atoms with E-state index in [9.17, 15) is 72.3 Å². The van der Waals surface area contributed by atoms with Gasteiger partial charge in [0.05, 0.1) is 51.5 Å². The summed E-state index contributed by atoms with van der Waals surface area (Å²) in [4.78, 5) is 119. The van der Waals surface area contributed by atoms with Crippen LogP contribution in [-0.4, -0.2) is 184 Å². The summed E-state index contributed by atoms with van der Waals surface area (Å²) in [6.07, 6.45) is -16.4. The maximum atomic E-state index is 13.7. The fraction of sp³-hybridized carbons (Fsp3) is 0.543. The molecule has 3 saturated heterocycles. The maximum Gasteiger partial charge on any atom is 0.490 e. The minimum atomic E-state index is -6.28. The first-order chi connectivity index (χ1) is 38.0. The van der Waals surface area contributed by atoms with Crippen LogP contribution < -0.4 is 43.8 Å². The molecule has 42 nitrogen and oxygen atoms in total. The lowest BCUT2D eigenvalue weighted by Crippen LogP contribution is -2.45. The van der Waals surface area contributed by atoms with E-state index < -0.39 is 160 Å². The highest BCUT2D eigenvalue weighted by Crippen LogP contribution is 2.68. The lowest BCUT2D eigenvalue weighted by Gasteiger charge is -2.26. The first-order valence-corrected chi connectivity index (χ1v) is 28.9. The molecule has 17 N–H and O–H groups in total. The SMILES string of the molecule is CNC(=O)OC[C@@H]1[C@@H](COP(=O)(O)OP(=O)(O)OP(=O)(O)OCC2O[C@@H](n3cnc4c(=O)[nH]c(N)nc43)[C@H](OC)[C@@H]2OP(=O)(O)OC[C@H]2O[C@@H](n3cnc4c(=O)[nH]c(N)nc43)[C@H](O)[C@@H]2O)OC([n+]2cn(C)c3c(=O)[nH]c(N)nc32)[C@@H]1O. The first-order valence-electron chi connectivity index (χ1n) is 22.9. The number of fused-ring (bicyclic) bond motifs is 3. The number of nitrogens with two attached hydrogens (primary N) is 3. The summed E-state index contributed by atoms with van der Waals surface area (Å²) in [5, 5.41) is 35.3. The fourth-order valence-electron chi connectivity index (χ4n) is 8.90. The van der Waals surface area contributed by atoms with Crippen LogP contribution in [-0.2, 0) is 75.7 Å². The third-order valence-corrected chi connectivity index (χ3v) is 17.7. The van der Waals surface area contributed by atoms with Crippen LogP contribution in [0.4, 0.5) is 22.6 Å². The lowest BCUT2D eigenvalue weighted by atomic mass is 9.99. The molecule has 16 atom stereocenters. The standard InChI is InChI=1S/C35H48N16O26P4/c1-39-35(58)68-4-11-12(72-29(18(11)52)51-10-48(2)17-25(51)44-34(38)47-28(17)57)5-70-79(61,62)76-81(65,66)77-80(63,64)71-7-14-21(22(67-3)31(74-14)50-9-41-16-24(50)43-33(37)46-27(16)56)75-78(59,60)69-6-13-19(53)20(54)30(73-13)49-8-40-15-23(49)42-32(36)45-26(15)55/h8-14,18-22,29-31,52-54H,4-7H2,1-3H3,(H13-,36,37,38,39,42,43,44,45,46,47,55,56,57,58,59,60,61,62,63,64,65,66)/p+1/t11-,12-,13-,14?,18-,19-,20-,21-,22-,29?,30-,31-/m1/s1. The molecular weight excluding hydrogens is 1180 g/mol. The number of aliphatic hydroxyl groups excluding tert-OH is 3. The molecule has 0 spiro atoms. The quantitative estimate of drug-likeness (QED) is 0.0237. The number of alkyl carbamates (subject to hydrolysis) is 1. The summed E-state index contributed by atoms with van der Waals surface area (Å²) < 4.78 is 115. The summed E-state index contributed by atoms with van der Waals surface area (Å²) in [7, 11) is -20.1. The normalized spacial score (nSPS) is 29.0. The third-order valence-electron chi connectivity index (χ3n) is 12.4. The number of aryl methyl sites for hydroxylation is 1. The zero-order chi connectivity index (χ0) is 58.8. The molecule has 6 unspecified atom stereocenters. The summed E-state index contributed by atoms with van der Waals surface area (Å²) in [6, 6.07) is 0. The fourth-order valence-corrected chi connectivity index (χ4v) is 13.4. The Morgan fingerprint density at radius 2 is 1.21 bits per heavy atom. The molecule has 444 valence electrons. The van der Waals surface area contributed by atoms with Crippen LogP contribution in [0.25, 0.3) is 33.5 Å². The molecule has 6 aromatic heterocycles. The molecule has 0 aliphatic carbocycles. The molecule has 3 aliphatic rings. The maximum absolute atomic E-state index is 13.7. The van der Waals surface area contributed by atoms with Crippen molar-refractivity contribution in [3.8, 4) is 0 Å². The number of H-pyrrole nitrogens is 3. The molecular formula is C35H49N16O26P4+. The van der Waals surface area contributed by atoms with Gasteiger partial charge in [0.15, 0.2) is 41.1 Å². The number of aromatic amines is 3. The molecule has 0 radical (unpaired) electrons. The number of carbonyl (C=O) groups excluding carboxylic acids is 1. The Morgan fingerprint density at radius 3 is 1.79 bits per heavy atom. The lowest BCUT2D eigenvalue weighted by molar-refractivity contribution is -0.745. The number of imidazole rings is 3. The number of aromatic nitrogens is 12. The topological polar surface area (TPSA) is 600 Å². The van der Waals surface area contributed by atoms with Crippen LogP contribution in [0.5, 0.6) is 0 Å². The van der Waals surface area contributed by atoms with Crippen LogP contribution in [0.3, 0.4) is 0 Å². The number of ether oxygens (including phenoxy) is 5. The Labute approximate surface area is 448 Å². The monoisotopic (exact) mass is 1230 g/mol. The number of aliphatic hydroxyl groups is 3. The van der Waals surface area contributed by atoms with Crippen LogP contribution in [0.1, 0.15) is 18.7 Å². The number of phosphoric acid groups is 4. The second-order valence-electron chi connectivity index (χ2n) is 17.7. The van der Waals surface area contributed by atoms with Gasteiger partial charge in [-0.3, -0.25) is 61.1 Å². The summed E-state index contributed by atoms with van der Waals surface area (Å²) in [6.45, 7) is -4.12. The van der Waals surface area contributed by atoms with E-state index in [0.29, 0.717) is 0 Å². The second kappa shape index (κ2) is 22.6. The van der Waals surface area contributed by atoms with Gasteiger partial charge in [-0.2, -0.15) is 18.6 Å². The number of nitrogens with one attached hydrogen (secondary N) is 4. The minimum Gasteiger partial charge on any atom is -0.449 e. The van der Waals surface area contributed by atoms with Crippen molar-refractivity contribution in [2.45, 2.75) is 67.5 Å². The molecule has 0 saturated carbocycles. The minimum absolute atomic E-state index is 0.0338. The van der Waals surface area contributed by atoms with Crippen molar-refractivity contribution in [3.05, 3.63) is 50.0 Å². The number of nitrogens with zero attached hydrogens (tertiary/aromatic N) is 9. The van der Waals surface area contributed by atoms with Crippen molar-refractivity contribution in [2.24, 2.45) is 13.0 Å². The Kier molecular flexibility index (Phi) is 16.6. The highest BCUT2D eigenvalue weighted by Gasteiger charge is 2.54. The van der Waals surface area contributed by atoms with E-state index in [2.05, 4.69) is 53.8 Å². The molecule has 1 amide bonds. The van der Waals surface area contributed by atoms with Gasteiger partial charge in [0.25, 0.3) is 22.6 Å². The molecule has 0 bridgehead atoms. The van der Waals surface area contributed by atoms with Gasteiger partial charge in [-0.1, -0.05) is 4.98 Å². The van der Waals surface area contributed by atoms with Gasteiger partial charge in [0.1, 0.15) is 49.3 Å². The first kappa shape index (κ1) is 59.6. The number of carbonyl (C=O) groups is 1. The van der Waals surface area contributed by atoms with Gasteiger partial charge in [0.2, 0.25) is 23.6 Å². The van der Waals surface area contributed by atoms with Crippen LogP contribution in [0.2, 0.25) is 0 Å². The molecule has 9 heterocycles. The Balaban J connectivity index is 0.884. The number of hydrogen-bond donors (Lipinski definition) is 14. The average molecular weight is 1230 g/mol. The predicted octanol–water partition coefficient (Wildman–Crippen LogP) is -4.81. The number of phosphoric ester groups is 3. The number of anilines is 3. The van der Waals surface area contributed by atoms with Crippen LogP contribution in [0, 0.1) is 5.92 Å². The molecule has 6 aromatic rings. The van der Waals surface area contributed by atoms with E-state index in [1.54, 1.807) is 0 Å². The highest BCUT2D eigenvalue weighted by molar-refractivity contribution is 7.66. The smallest absolute Gasteiger partial charge is 0.449 e. The van der Waals surface area contributed by atoms with E-state index in [1.165, 1.54) is 29.6 Å². The van der Waals surface area contributed by atoms with Crippen molar-refractivity contribution < 1.29 is 113 Å². The number of hydrogen-bond acceptors (Lipinski definition) is 30. The summed E-state index contributed by atoms with van der Waals surface area (Å²) in [5.74, 6) is -2.39. The molecule has 3 fully saturated rings. The van der Waals surface area contributed by atoms with Crippen LogP contribution in [0.15, 0.2) is 33.4 Å². The largest absolute Gasteiger partial charge is 0.490 e. The van der Waals surface area contributed by atoms with Crippen molar-refractivity contribution in [3.63, 3.8) is 0 Å². The zero-order valence-electron chi connectivity index (χ0n) is 41.4. The van der Waals surface area contributed by atoms with Crippen molar-refractivity contribution in [1.82, 2.24) is 58.9 Å². The van der Waals surface area contributed by atoms with Crippen molar-refractivity contribution in [1.29, 1.82) is 0 Å². The molecule has 3 aliphatic heterocycles. The molecule has 46 heteroatoms. The zero-order valence-corrected chi connectivity index (χ0v) is 45.0. The molecule has 9 rings (SSSR count). The average Bonchev–Trinajstić information content (AvgIpc) is 3.44. The van der Waals surface area contributed by atoms with Crippen LogP contribution >= 0.6 is 31.3 Å². The van der Waals surface area contributed by atoms with Crippen molar-refractivity contribution in [2.75, 3.05) is 57.8 Å². The van der Waals surface area contributed by atoms with E-state index in [-0.39, 0.29) is 45.4 Å². The number of nitrogen functional groups attached to an aromatic ring is 3. The Morgan fingerprint density at radius 1 is 0.691 bits per heavy atom. The highest BCUT2D eigenvalue weighted by atomic mass is 31.3. The van der Waals surface area contributed by atoms with Gasteiger partial charge in [0, 0.05) is 14.2 Å². The third kappa shape index (κ3) is 12.4. The van der Waals surface area contributed by atoms with Gasteiger partial charge in [-0.05, 0) is 0 Å². The van der Waals surface area contributed by atoms with E-state index >= 15 is 0 Å². The Bertz CT molecular complexity index is 3760. The van der Waals surface area contributed by atoms with Gasteiger partial charge in [-0.25, -0.2) is 37.6 Å². The number of amides is 1. The summed E-state index contributed by atoms with van der Waals surface area (Å²) in [5.41, 5.74) is 13.8. The van der Waals surface area contributed by atoms with Gasteiger partial charge < -0.3 is 81.1 Å². The molecule has 0 aromatic carbocycles. The number of rotatable bonds is 21. The summed E-state index contributed by atoms with van der Waals surface area (Å²) >= 11 is 0. The van der Waals surface area contributed by atoms with Crippen molar-refractivity contribution >= 4 is 88.7 Å². The Hall–Kier alpha value is -6.04. The van der Waals surface area contributed by atoms with E-state index in [0.717, 1.165) is 28.9 Å². The second-order valence-corrected chi connectivity index (χ2v) is 23.7. The molecule has 81 heavy (non-hydrogen) atoms.